The lowest BCUT2D eigenvalue weighted by Gasteiger charge is -2.05. The largest absolute Gasteiger partial charge is 0.489 e. The molecule has 0 aliphatic heterocycles. The van der Waals surface area contributed by atoms with Gasteiger partial charge in [0.15, 0.2) is 0 Å². The van der Waals surface area contributed by atoms with Crippen molar-refractivity contribution in [3.05, 3.63) is 67.7 Å². The maximum absolute atomic E-state index is 12.5. The molecule has 0 atom stereocenters. The second-order valence-corrected chi connectivity index (χ2v) is 8.21. The van der Waals surface area contributed by atoms with Gasteiger partial charge in [-0.3, -0.25) is 4.79 Å². The summed E-state index contributed by atoms with van der Waals surface area (Å²) >= 11 is 8.58. The van der Waals surface area contributed by atoms with Crippen LogP contribution >= 0.6 is 34.3 Å². The molecule has 3 aromatic rings. The number of hydrogen-bond donors (Lipinski definition) is 1. The minimum Gasteiger partial charge on any atom is -0.489 e. The normalized spacial score (nSPS) is 10.5. The zero-order chi connectivity index (χ0) is 19.4. The second-order valence-electron chi connectivity index (χ2n) is 5.61. The Hall–Kier alpha value is -2.35. The maximum atomic E-state index is 12.5. The van der Waals surface area contributed by atoms with E-state index in [9.17, 15) is 9.59 Å². The third-order valence-electron chi connectivity index (χ3n) is 3.57. The molecule has 3 rings (SSSR count). The van der Waals surface area contributed by atoms with E-state index in [-0.39, 0.29) is 5.91 Å². The van der Waals surface area contributed by atoms with Crippen LogP contribution in [-0.4, -0.2) is 19.0 Å². The molecule has 0 aliphatic rings. The average Bonchev–Trinajstić information content (AvgIpc) is 3.26. The number of anilines is 1. The summed E-state index contributed by atoms with van der Waals surface area (Å²) in [6.07, 6.45) is 0. The highest BCUT2D eigenvalue weighted by atomic mass is 35.5. The topological polar surface area (TPSA) is 64.6 Å². The Bertz CT molecular complexity index is 980. The predicted octanol–water partition coefficient (Wildman–Crippen LogP) is 5.39. The minimum atomic E-state index is -0.476. The summed E-state index contributed by atoms with van der Waals surface area (Å²) in [5.74, 6) is -0.0890. The quantitative estimate of drug-likeness (QED) is 0.542. The molecule has 2 heterocycles. The van der Waals surface area contributed by atoms with E-state index in [0.717, 1.165) is 10.4 Å². The van der Waals surface area contributed by atoms with Crippen LogP contribution in [0.1, 0.15) is 30.5 Å². The summed E-state index contributed by atoms with van der Waals surface area (Å²) < 4.78 is 10.4. The van der Waals surface area contributed by atoms with Crippen molar-refractivity contribution < 1.29 is 19.1 Å². The predicted molar refractivity (Wildman–Crippen MR) is 108 cm³/mol. The van der Waals surface area contributed by atoms with Gasteiger partial charge in [-0.15, -0.1) is 22.7 Å². The van der Waals surface area contributed by atoms with E-state index in [1.54, 1.807) is 24.3 Å². The van der Waals surface area contributed by atoms with Gasteiger partial charge in [0.2, 0.25) is 0 Å². The number of carbonyl (C=O) groups is 2. The van der Waals surface area contributed by atoms with Crippen LogP contribution in [0.3, 0.4) is 0 Å². The fraction of sp³-hybridized carbons (Fsp3) is 0.158. The molecule has 0 fully saturated rings. The summed E-state index contributed by atoms with van der Waals surface area (Å²) in [6.45, 7) is 2.19. The first-order valence-corrected chi connectivity index (χ1v) is 9.99. The van der Waals surface area contributed by atoms with Gasteiger partial charge < -0.3 is 14.8 Å². The fourth-order valence-corrected chi connectivity index (χ4v) is 4.19. The number of esters is 1. The molecular weight excluding hydrogens is 406 g/mol. The van der Waals surface area contributed by atoms with Crippen molar-refractivity contribution in [3.8, 4) is 5.75 Å². The van der Waals surface area contributed by atoms with Gasteiger partial charge >= 0.3 is 5.97 Å². The number of methoxy groups -OCH3 is 1. The van der Waals surface area contributed by atoms with Crippen molar-refractivity contribution in [1.29, 1.82) is 0 Å². The molecule has 1 amide bonds. The fourth-order valence-electron chi connectivity index (χ4n) is 2.33. The van der Waals surface area contributed by atoms with Gasteiger partial charge in [0.25, 0.3) is 5.91 Å². The standard InChI is InChI=1S/C19H16ClNO4S2/c1-11-6-15(19(23)24-2)18(27-11)21-17(22)16-7-12(10-26-16)9-25-14-5-3-4-13(20)8-14/h3-8,10H,9H2,1-2H3,(H,21,22). The van der Waals surface area contributed by atoms with Gasteiger partial charge in [-0.1, -0.05) is 17.7 Å². The molecule has 0 saturated heterocycles. The van der Waals surface area contributed by atoms with Crippen LogP contribution in [0.25, 0.3) is 0 Å². The number of aryl methyl sites for hydroxylation is 1. The number of nitrogens with one attached hydrogen (secondary N) is 1. The second kappa shape index (κ2) is 8.56. The van der Waals surface area contributed by atoms with E-state index in [2.05, 4.69) is 5.32 Å². The zero-order valence-corrected chi connectivity index (χ0v) is 17.0. The van der Waals surface area contributed by atoms with Crippen molar-refractivity contribution in [2.45, 2.75) is 13.5 Å². The zero-order valence-electron chi connectivity index (χ0n) is 14.6. The highest BCUT2D eigenvalue weighted by Gasteiger charge is 2.19. The van der Waals surface area contributed by atoms with Crippen molar-refractivity contribution in [2.24, 2.45) is 0 Å². The van der Waals surface area contributed by atoms with Crippen molar-refractivity contribution in [1.82, 2.24) is 0 Å². The Morgan fingerprint density at radius 1 is 1.22 bits per heavy atom. The summed E-state index contributed by atoms with van der Waals surface area (Å²) in [5, 5.41) is 5.73. The Morgan fingerprint density at radius 2 is 2.04 bits per heavy atom. The molecule has 140 valence electrons. The van der Waals surface area contributed by atoms with Gasteiger partial charge in [-0.05, 0) is 42.6 Å². The molecule has 1 aromatic carbocycles. The number of amides is 1. The Kier molecular flexibility index (Phi) is 6.15. The summed E-state index contributed by atoms with van der Waals surface area (Å²) in [5.41, 5.74) is 1.23. The molecule has 0 aliphatic carbocycles. The van der Waals surface area contributed by atoms with Crippen LogP contribution < -0.4 is 10.1 Å². The maximum Gasteiger partial charge on any atom is 0.340 e. The van der Waals surface area contributed by atoms with E-state index < -0.39 is 5.97 Å². The Balaban J connectivity index is 1.66. The third-order valence-corrected chi connectivity index (χ3v) is 5.75. The van der Waals surface area contributed by atoms with Crippen molar-refractivity contribution >= 4 is 51.2 Å². The first-order chi connectivity index (χ1) is 13.0. The van der Waals surface area contributed by atoms with Gasteiger partial charge in [-0.25, -0.2) is 4.79 Å². The molecule has 0 bridgehead atoms. The number of thiophene rings is 2. The van der Waals surface area contributed by atoms with Crippen molar-refractivity contribution in [3.63, 3.8) is 0 Å². The molecule has 5 nitrogen and oxygen atoms in total. The molecule has 2 aromatic heterocycles. The van der Waals surface area contributed by atoms with Gasteiger partial charge in [0.05, 0.1) is 17.6 Å². The van der Waals surface area contributed by atoms with Crippen LogP contribution in [0.2, 0.25) is 5.02 Å². The molecule has 0 radical (unpaired) electrons. The van der Waals surface area contributed by atoms with Gasteiger partial charge in [0.1, 0.15) is 17.4 Å². The molecule has 0 unspecified atom stereocenters. The summed E-state index contributed by atoms with van der Waals surface area (Å²) in [4.78, 5) is 25.8. The van der Waals surface area contributed by atoms with Crippen LogP contribution in [0, 0.1) is 6.92 Å². The lowest BCUT2D eigenvalue weighted by atomic mass is 10.3. The average molecular weight is 422 g/mol. The first-order valence-electron chi connectivity index (χ1n) is 7.92. The van der Waals surface area contributed by atoms with E-state index in [1.807, 2.05) is 24.4 Å². The molecule has 0 saturated carbocycles. The first kappa shape index (κ1) is 19.4. The number of rotatable bonds is 6. The highest BCUT2D eigenvalue weighted by molar-refractivity contribution is 7.17. The number of benzene rings is 1. The number of carbonyl (C=O) groups excluding carboxylic acids is 2. The monoisotopic (exact) mass is 421 g/mol. The van der Waals surface area contributed by atoms with Crippen LogP contribution in [0.15, 0.2) is 41.8 Å². The lowest BCUT2D eigenvalue weighted by Crippen LogP contribution is -2.12. The van der Waals surface area contributed by atoms with Gasteiger partial charge in [-0.2, -0.15) is 0 Å². The lowest BCUT2D eigenvalue weighted by molar-refractivity contribution is 0.0602. The summed E-state index contributed by atoms with van der Waals surface area (Å²) in [7, 11) is 1.31. The number of ether oxygens (including phenoxy) is 2. The van der Waals surface area contributed by atoms with Crippen LogP contribution in [-0.2, 0) is 11.3 Å². The van der Waals surface area contributed by atoms with E-state index in [4.69, 9.17) is 21.1 Å². The molecule has 8 heteroatoms. The third kappa shape index (κ3) is 4.88. The molecule has 27 heavy (non-hydrogen) atoms. The Morgan fingerprint density at radius 3 is 2.78 bits per heavy atom. The minimum absolute atomic E-state index is 0.277. The molecule has 0 spiro atoms. The number of halogens is 1. The highest BCUT2D eigenvalue weighted by Crippen LogP contribution is 2.29. The van der Waals surface area contributed by atoms with E-state index in [0.29, 0.717) is 32.8 Å². The molecule has 1 N–H and O–H groups in total. The van der Waals surface area contributed by atoms with Crippen LogP contribution in [0.5, 0.6) is 5.75 Å². The molecular formula is C19H16ClNO4S2. The van der Waals surface area contributed by atoms with E-state index >= 15 is 0 Å². The smallest absolute Gasteiger partial charge is 0.340 e. The number of hydrogen-bond acceptors (Lipinski definition) is 6. The van der Waals surface area contributed by atoms with Crippen molar-refractivity contribution in [2.75, 3.05) is 12.4 Å². The SMILES string of the molecule is COC(=O)c1cc(C)sc1NC(=O)c1cc(COc2cccc(Cl)c2)cs1. The van der Waals surface area contributed by atoms with Crippen LogP contribution in [0.4, 0.5) is 5.00 Å². The summed E-state index contributed by atoms with van der Waals surface area (Å²) in [6, 6.07) is 10.6. The van der Waals surface area contributed by atoms with E-state index in [1.165, 1.54) is 29.8 Å². The Labute approximate surface area is 169 Å². The van der Waals surface area contributed by atoms with Gasteiger partial charge in [0, 0.05) is 15.5 Å².